The zero-order chi connectivity index (χ0) is 27.2. The van der Waals surface area contributed by atoms with Crippen molar-refractivity contribution in [3.05, 3.63) is 88.0 Å². The summed E-state index contributed by atoms with van der Waals surface area (Å²) in [5.41, 5.74) is 3.77. The lowest BCUT2D eigenvalue weighted by Crippen LogP contribution is -2.21. The Bertz CT molecular complexity index is 1140. The lowest BCUT2D eigenvalue weighted by atomic mass is 9.86. The van der Waals surface area contributed by atoms with Crippen LogP contribution in [-0.4, -0.2) is 29.6 Å². The van der Waals surface area contributed by atoms with E-state index in [1.165, 1.54) is 25.7 Å². The molecule has 0 bridgehead atoms. The normalized spacial score (nSPS) is 14.8. The summed E-state index contributed by atoms with van der Waals surface area (Å²) in [6, 6.07) is 15.8. The van der Waals surface area contributed by atoms with Crippen LogP contribution in [-0.2, 0) is 19.2 Å². The van der Waals surface area contributed by atoms with Gasteiger partial charge in [-0.25, -0.2) is 0 Å². The van der Waals surface area contributed by atoms with Gasteiger partial charge in [0.2, 0.25) is 0 Å². The number of fused-ring (bicyclic) bond motifs is 1. The number of aliphatic hydroxyl groups excluding tert-OH is 1. The maximum absolute atomic E-state index is 13.9. The minimum absolute atomic E-state index is 0.196. The summed E-state index contributed by atoms with van der Waals surface area (Å²) in [4.78, 5) is 2.38. The molecule has 0 unspecified atom stereocenters. The first-order valence-electron chi connectivity index (χ1n) is 13.0. The zero-order valence-electron chi connectivity index (χ0n) is 22.5. The number of nitrogens with zero attached hydrogens (tertiary/aromatic N) is 1. The molecule has 0 saturated carbocycles. The molecule has 0 spiro atoms. The number of hydrogen-bond donors (Lipinski definition) is 1. The molecule has 1 aliphatic rings. The van der Waals surface area contributed by atoms with E-state index in [4.69, 9.17) is 4.74 Å². The SMILES string of the molecule is CCN(CC)CC.Cc1cc(OCc2ccccc2)cc(C)c1-c1c(C(F)(F)F)ccc2c1CC[C@@H]2O. The third kappa shape index (κ3) is 6.93. The molecule has 1 atom stereocenters. The minimum atomic E-state index is -4.47. The lowest BCUT2D eigenvalue weighted by molar-refractivity contribution is -0.137. The van der Waals surface area contributed by atoms with Crippen molar-refractivity contribution in [1.29, 1.82) is 0 Å². The predicted molar refractivity (Wildman–Crippen MR) is 144 cm³/mol. The van der Waals surface area contributed by atoms with E-state index in [0.29, 0.717) is 41.9 Å². The Kier molecular flexibility index (Phi) is 9.80. The van der Waals surface area contributed by atoms with Crippen LogP contribution in [0.3, 0.4) is 0 Å². The smallest absolute Gasteiger partial charge is 0.417 e. The average Bonchev–Trinajstić information content (AvgIpc) is 3.25. The fraction of sp³-hybridized carbons (Fsp3) is 0.419. The summed E-state index contributed by atoms with van der Waals surface area (Å²) in [6.07, 6.45) is -4.31. The summed E-state index contributed by atoms with van der Waals surface area (Å²) in [6.45, 7) is 14.1. The third-order valence-electron chi connectivity index (χ3n) is 7.03. The molecule has 0 aliphatic heterocycles. The van der Waals surface area contributed by atoms with Crippen molar-refractivity contribution in [2.24, 2.45) is 0 Å². The number of rotatable bonds is 7. The fourth-order valence-corrected chi connectivity index (χ4v) is 5.02. The van der Waals surface area contributed by atoms with E-state index in [0.717, 1.165) is 22.8 Å². The highest BCUT2D eigenvalue weighted by atomic mass is 19.4. The summed E-state index contributed by atoms with van der Waals surface area (Å²) >= 11 is 0. The second-order valence-corrected chi connectivity index (χ2v) is 9.43. The van der Waals surface area contributed by atoms with Gasteiger partial charge >= 0.3 is 6.18 Å². The third-order valence-corrected chi connectivity index (χ3v) is 7.03. The van der Waals surface area contributed by atoms with Gasteiger partial charge in [-0.15, -0.1) is 0 Å². The number of alkyl halides is 3. The average molecular weight is 514 g/mol. The molecule has 0 heterocycles. The van der Waals surface area contributed by atoms with Gasteiger partial charge in [-0.3, -0.25) is 0 Å². The van der Waals surface area contributed by atoms with E-state index >= 15 is 0 Å². The summed E-state index contributed by atoms with van der Waals surface area (Å²) in [5, 5.41) is 10.2. The van der Waals surface area contributed by atoms with E-state index in [1.807, 2.05) is 44.2 Å². The van der Waals surface area contributed by atoms with Crippen molar-refractivity contribution < 1.29 is 23.0 Å². The molecule has 0 aromatic heterocycles. The van der Waals surface area contributed by atoms with Crippen molar-refractivity contribution in [3.63, 3.8) is 0 Å². The molecule has 4 rings (SSSR count). The molecule has 1 aliphatic carbocycles. The molecule has 3 nitrogen and oxygen atoms in total. The molecule has 200 valence electrons. The Hall–Kier alpha value is -2.83. The minimum Gasteiger partial charge on any atom is -0.489 e. The number of hydrogen-bond acceptors (Lipinski definition) is 3. The highest BCUT2D eigenvalue weighted by Crippen LogP contribution is 2.47. The highest BCUT2D eigenvalue weighted by molar-refractivity contribution is 5.79. The summed E-state index contributed by atoms with van der Waals surface area (Å²) in [7, 11) is 0. The van der Waals surface area contributed by atoms with Crippen LogP contribution in [0.1, 0.15) is 66.7 Å². The number of halogens is 3. The quantitative estimate of drug-likeness (QED) is 0.349. The molecule has 0 amide bonds. The van der Waals surface area contributed by atoms with Gasteiger partial charge in [-0.2, -0.15) is 13.2 Å². The van der Waals surface area contributed by atoms with Gasteiger partial charge in [0.25, 0.3) is 0 Å². The molecule has 37 heavy (non-hydrogen) atoms. The topological polar surface area (TPSA) is 32.7 Å². The Labute approximate surface area is 218 Å². The van der Waals surface area contributed by atoms with E-state index in [9.17, 15) is 18.3 Å². The molecule has 0 saturated heterocycles. The number of aryl methyl sites for hydroxylation is 2. The molecular formula is C31H38F3NO2. The molecule has 3 aromatic rings. The van der Waals surface area contributed by atoms with E-state index in [2.05, 4.69) is 25.7 Å². The second-order valence-electron chi connectivity index (χ2n) is 9.43. The van der Waals surface area contributed by atoms with Crippen LogP contribution in [0.25, 0.3) is 11.1 Å². The zero-order valence-corrected chi connectivity index (χ0v) is 22.5. The second kappa shape index (κ2) is 12.6. The van der Waals surface area contributed by atoms with E-state index in [1.54, 1.807) is 12.1 Å². The first kappa shape index (κ1) is 28.7. The lowest BCUT2D eigenvalue weighted by Gasteiger charge is -2.21. The maximum atomic E-state index is 13.9. The number of benzene rings is 3. The molecule has 1 N–H and O–H groups in total. The number of ether oxygens (including phenoxy) is 1. The van der Waals surface area contributed by atoms with Gasteiger partial charge in [-0.05, 0) is 103 Å². The fourth-order valence-electron chi connectivity index (χ4n) is 5.02. The Morgan fingerprint density at radius 3 is 2.00 bits per heavy atom. The molecule has 0 radical (unpaired) electrons. The van der Waals surface area contributed by atoms with Gasteiger partial charge in [0.1, 0.15) is 12.4 Å². The standard InChI is InChI=1S/C25H23F3O2.C6H15N/c1-15-12-18(30-14-17-6-4-3-5-7-17)13-16(2)23(15)24-20-9-11-22(29)19(20)8-10-21(24)25(26,27)28;1-4-7(5-2)6-3/h3-8,10,12-13,22,29H,9,11,14H2,1-2H3;4-6H2,1-3H3/t22-;/m0./s1. The largest absolute Gasteiger partial charge is 0.489 e. The van der Waals surface area contributed by atoms with Crippen LogP contribution < -0.4 is 4.74 Å². The van der Waals surface area contributed by atoms with Gasteiger partial charge in [0, 0.05) is 0 Å². The molecule has 3 aromatic carbocycles. The molecule has 0 fully saturated rings. The van der Waals surface area contributed by atoms with Gasteiger partial charge in [0.15, 0.2) is 0 Å². The summed E-state index contributed by atoms with van der Waals surface area (Å²) < 4.78 is 47.5. The Morgan fingerprint density at radius 2 is 1.49 bits per heavy atom. The van der Waals surface area contributed by atoms with Crippen LogP contribution in [0.15, 0.2) is 54.6 Å². The molecular weight excluding hydrogens is 475 g/mol. The van der Waals surface area contributed by atoms with Crippen LogP contribution >= 0.6 is 0 Å². The molecule has 6 heteroatoms. The highest BCUT2D eigenvalue weighted by Gasteiger charge is 2.38. The van der Waals surface area contributed by atoms with Crippen molar-refractivity contribution >= 4 is 0 Å². The van der Waals surface area contributed by atoms with Gasteiger partial charge in [-0.1, -0.05) is 57.2 Å². The Balaban J connectivity index is 0.000000479. The van der Waals surface area contributed by atoms with Crippen molar-refractivity contribution in [1.82, 2.24) is 4.90 Å². The van der Waals surface area contributed by atoms with Gasteiger partial charge < -0.3 is 14.7 Å². The first-order chi connectivity index (χ1) is 17.6. The number of aliphatic hydroxyl groups is 1. The first-order valence-corrected chi connectivity index (χ1v) is 13.0. The van der Waals surface area contributed by atoms with Crippen molar-refractivity contribution in [3.8, 4) is 16.9 Å². The van der Waals surface area contributed by atoms with Crippen molar-refractivity contribution in [2.75, 3.05) is 19.6 Å². The van der Waals surface area contributed by atoms with Gasteiger partial charge in [0.05, 0.1) is 11.7 Å². The van der Waals surface area contributed by atoms with Crippen LogP contribution in [0.2, 0.25) is 0 Å². The monoisotopic (exact) mass is 513 g/mol. The van der Waals surface area contributed by atoms with Crippen LogP contribution in [0.5, 0.6) is 5.75 Å². The van der Waals surface area contributed by atoms with Crippen molar-refractivity contribution in [2.45, 2.75) is 66.3 Å². The Morgan fingerprint density at radius 1 is 0.892 bits per heavy atom. The predicted octanol–water partition coefficient (Wildman–Crippen LogP) is 7.90. The van der Waals surface area contributed by atoms with Crippen LogP contribution in [0.4, 0.5) is 13.2 Å². The van der Waals surface area contributed by atoms with Crippen LogP contribution in [0, 0.1) is 13.8 Å². The summed E-state index contributed by atoms with van der Waals surface area (Å²) in [5.74, 6) is 0.624. The maximum Gasteiger partial charge on any atom is 0.417 e. The van der Waals surface area contributed by atoms with E-state index < -0.39 is 17.8 Å². The van der Waals surface area contributed by atoms with E-state index in [-0.39, 0.29) is 5.56 Å².